The standard InChI is InChI=1S/C28H33ClN4O4S/c1-6-14-38-28-31-27-30-18(5)24(26(34)37-17(3)4)25(33(27)32-28)19-12-13-22(23(15-19)35-7-2)36-16-20-10-8-9-11-21(20)29/h8-13,15,17,25H,6-7,14,16H2,1-5H3,(H,30,31,32). The van der Waals surface area contributed by atoms with Crippen LogP contribution in [0.15, 0.2) is 58.9 Å². The number of anilines is 1. The van der Waals surface area contributed by atoms with E-state index in [1.54, 1.807) is 16.4 Å². The van der Waals surface area contributed by atoms with Crippen molar-refractivity contribution in [2.75, 3.05) is 17.7 Å². The summed E-state index contributed by atoms with van der Waals surface area (Å²) in [6.45, 7) is 10.3. The first-order valence-corrected chi connectivity index (χ1v) is 14.1. The number of carbonyl (C=O) groups excluding carboxylic acids is 1. The number of esters is 1. The Morgan fingerprint density at radius 3 is 2.66 bits per heavy atom. The molecule has 2 aromatic carbocycles. The van der Waals surface area contributed by atoms with Crippen LogP contribution < -0.4 is 14.8 Å². The van der Waals surface area contributed by atoms with Crippen molar-refractivity contribution in [1.29, 1.82) is 0 Å². The first-order valence-electron chi connectivity index (χ1n) is 12.7. The molecule has 1 aliphatic heterocycles. The van der Waals surface area contributed by atoms with Gasteiger partial charge >= 0.3 is 5.97 Å². The van der Waals surface area contributed by atoms with E-state index in [2.05, 4.69) is 17.2 Å². The third kappa shape index (κ3) is 6.27. The molecule has 0 saturated heterocycles. The summed E-state index contributed by atoms with van der Waals surface area (Å²) < 4.78 is 19.4. The summed E-state index contributed by atoms with van der Waals surface area (Å²) in [6.07, 6.45) is 0.734. The molecule has 1 aliphatic rings. The van der Waals surface area contributed by atoms with Crippen molar-refractivity contribution in [2.45, 2.75) is 64.9 Å². The predicted octanol–water partition coefficient (Wildman–Crippen LogP) is 6.65. The summed E-state index contributed by atoms with van der Waals surface area (Å²) in [4.78, 5) is 18.0. The molecular weight excluding hydrogens is 524 g/mol. The number of carbonyl (C=O) groups is 1. The average molecular weight is 557 g/mol. The van der Waals surface area contributed by atoms with E-state index < -0.39 is 12.0 Å². The number of benzene rings is 2. The maximum atomic E-state index is 13.3. The van der Waals surface area contributed by atoms with Gasteiger partial charge in [-0.1, -0.05) is 54.6 Å². The zero-order valence-corrected chi connectivity index (χ0v) is 23.9. The SMILES string of the molecule is CCCSc1nc2n(n1)C(c1ccc(OCc3ccccc3Cl)c(OCC)c1)C(C(=O)OC(C)C)=C(C)N2. The molecule has 4 rings (SSSR count). The second kappa shape index (κ2) is 12.6. The Labute approximate surface area is 232 Å². The molecule has 0 amide bonds. The van der Waals surface area contributed by atoms with Crippen LogP contribution in [-0.2, 0) is 16.1 Å². The number of fused-ring (bicyclic) bond motifs is 1. The van der Waals surface area contributed by atoms with Crippen molar-refractivity contribution in [3.05, 3.63) is 69.9 Å². The molecule has 1 unspecified atom stereocenters. The van der Waals surface area contributed by atoms with Crippen LogP contribution in [0.2, 0.25) is 5.02 Å². The molecule has 38 heavy (non-hydrogen) atoms. The highest BCUT2D eigenvalue weighted by Crippen LogP contribution is 2.40. The second-order valence-electron chi connectivity index (χ2n) is 9.05. The number of nitrogens with one attached hydrogen (secondary N) is 1. The van der Waals surface area contributed by atoms with Gasteiger partial charge in [-0.05, 0) is 57.9 Å². The zero-order chi connectivity index (χ0) is 27.2. The highest BCUT2D eigenvalue weighted by molar-refractivity contribution is 7.99. The Hall–Kier alpha value is -3.17. The van der Waals surface area contributed by atoms with Crippen LogP contribution in [0.3, 0.4) is 0 Å². The van der Waals surface area contributed by atoms with E-state index in [-0.39, 0.29) is 6.10 Å². The lowest BCUT2D eigenvalue weighted by Gasteiger charge is -2.29. The molecule has 10 heteroatoms. The van der Waals surface area contributed by atoms with Crippen LogP contribution in [-0.4, -0.2) is 39.2 Å². The van der Waals surface area contributed by atoms with Crippen molar-refractivity contribution in [3.63, 3.8) is 0 Å². The van der Waals surface area contributed by atoms with Crippen LogP contribution in [0, 0.1) is 0 Å². The molecule has 1 atom stereocenters. The maximum Gasteiger partial charge on any atom is 0.338 e. The summed E-state index contributed by atoms with van der Waals surface area (Å²) in [7, 11) is 0. The molecule has 3 aromatic rings. The van der Waals surface area contributed by atoms with E-state index in [0.717, 1.165) is 23.3 Å². The van der Waals surface area contributed by atoms with Crippen LogP contribution in [0.4, 0.5) is 5.95 Å². The number of hydrogen-bond acceptors (Lipinski definition) is 8. The maximum absolute atomic E-state index is 13.3. The number of thioether (sulfide) groups is 1. The van der Waals surface area contributed by atoms with Crippen molar-refractivity contribution in [2.24, 2.45) is 0 Å². The van der Waals surface area contributed by atoms with Gasteiger partial charge in [0.2, 0.25) is 11.1 Å². The van der Waals surface area contributed by atoms with Crippen molar-refractivity contribution in [1.82, 2.24) is 14.8 Å². The van der Waals surface area contributed by atoms with Crippen LogP contribution in [0.25, 0.3) is 0 Å². The Kier molecular flexibility index (Phi) is 9.22. The molecule has 1 aromatic heterocycles. The number of rotatable bonds is 11. The number of halogens is 1. The molecule has 202 valence electrons. The smallest absolute Gasteiger partial charge is 0.338 e. The summed E-state index contributed by atoms with van der Waals surface area (Å²) in [6, 6.07) is 12.7. The number of hydrogen-bond donors (Lipinski definition) is 1. The van der Waals surface area contributed by atoms with Crippen molar-refractivity contribution in [3.8, 4) is 11.5 Å². The number of allylic oxidation sites excluding steroid dienone is 1. The molecule has 0 radical (unpaired) electrons. The largest absolute Gasteiger partial charge is 0.490 e. The third-order valence-corrected chi connectivity index (χ3v) is 7.17. The minimum Gasteiger partial charge on any atom is -0.490 e. The van der Waals surface area contributed by atoms with Gasteiger partial charge in [0, 0.05) is 22.0 Å². The first kappa shape index (κ1) is 27.9. The second-order valence-corrected chi connectivity index (χ2v) is 10.5. The average Bonchev–Trinajstić information content (AvgIpc) is 3.28. The van der Waals surface area contributed by atoms with E-state index in [1.807, 2.05) is 70.2 Å². The Balaban J connectivity index is 1.74. The van der Waals surface area contributed by atoms with Crippen LogP contribution in [0.5, 0.6) is 11.5 Å². The van der Waals surface area contributed by atoms with Gasteiger partial charge in [0.05, 0.1) is 18.3 Å². The lowest BCUT2D eigenvalue weighted by molar-refractivity contribution is -0.143. The predicted molar refractivity (Wildman–Crippen MR) is 150 cm³/mol. The fourth-order valence-corrected chi connectivity index (χ4v) is 4.96. The molecule has 8 nitrogen and oxygen atoms in total. The highest BCUT2D eigenvalue weighted by Gasteiger charge is 2.36. The number of ether oxygens (including phenoxy) is 3. The van der Waals surface area contributed by atoms with E-state index >= 15 is 0 Å². The van der Waals surface area contributed by atoms with E-state index in [4.69, 9.17) is 30.9 Å². The highest BCUT2D eigenvalue weighted by atomic mass is 35.5. The summed E-state index contributed by atoms with van der Waals surface area (Å²) in [5, 5.41) is 9.28. The number of aromatic nitrogens is 3. The van der Waals surface area contributed by atoms with E-state index in [0.29, 0.717) is 52.1 Å². The minimum absolute atomic E-state index is 0.268. The van der Waals surface area contributed by atoms with Gasteiger partial charge in [-0.25, -0.2) is 9.48 Å². The molecule has 2 heterocycles. The van der Waals surface area contributed by atoms with E-state index in [9.17, 15) is 4.79 Å². The summed E-state index contributed by atoms with van der Waals surface area (Å²) in [5.74, 6) is 2.20. The van der Waals surface area contributed by atoms with Crippen molar-refractivity contribution < 1.29 is 19.0 Å². The van der Waals surface area contributed by atoms with Gasteiger partial charge in [0.15, 0.2) is 11.5 Å². The Bertz CT molecular complexity index is 1320. The molecule has 0 aliphatic carbocycles. The summed E-state index contributed by atoms with van der Waals surface area (Å²) >= 11 is 7.89. The minimum atomic E-state index is -0.558. The lowest BCUT2D eigenvalue weighted by Crippen LogP contribution is -2.30. The Morgan fingerprint density at radius 2 is 1.95 bits per heavy atom. The van der Waals surface area contributed by atoms with Crippen LogP contribution in [0.1, 0.15) is 58.2 Å². The van der Waals surface area contributed by atoms with E-state index in [1.165, 1.54) is 0 Å². The van der Waals surface area contributed by atoms with Crippen molar-refractivity contribution >= 4 is 35.3 Å². The van der Waals surface area contributed by atoms with Gasteiger partial charge in [0.25, 0.3) is 0 Å². The van der Waals surface area contributed by atoms with Gasteiger partial charge in [-0.3, -0.25) is 0 Å². The third-order valence-electron chi connectivity index (χ3n) is 5.76. The monoisotopic (exact) mass is 556 g/mol. The zero-order valence-electron chi connectivity index (χ0n) is 22.3. The van der Waals surface area contributed by atoms with Gasteiger partial charge in [-0.15, -0.1) is 5.10 Å². The van der Waals surface area contributed by atoms with Gasteiger partial charge < -0.3 is 19.5 Å². The topological polar surface area (TPSA) is 87.5 Å². The number of nitrogens with zero attached hydrogens (tertiary/aromatic N) is 3. The molecule has 1 N–H and O–H groups in total. The molecule has 0 bridgehead atoms. The fourth-order valence-electron chi connectivity index (χ4n) is 4.09. The molecule has 0 fully saturated rings. The van der Waals surface area contributed by atoms with Gasteiger partial charge in [0.1, 0.15) is 12.6 Å². The summed E-state index contributed by atoms with van der Waals surface area (Å²) in [5.41, 5.74) is 2.81. The normalized spacial score (nSPS) is 14.8. The van der Waals surface area contributed by atoms with Gasteiger partial charge in [-0.2, -0.15) is 4.98 Å². The first-order chi connectivity index (χ1) is 18.3. The molecule has 0 spiro atoms. The van der Waals surface area contributed by atoms with Crippen LogP contribution >= 0.6 is 23.4 Å². The molecular formula is C28H33ClN4O4S. The lowest BCUT2D eigenvalue weighted by atomic mass is 9.95. The fraction of sp³-hybridized carbons (Fsp3) is 0.393. The molecule has 0 saturated carbocycles. The quantitative estimate of drug-likeness (QED) is 0.207. The Morgan fingerprint density at radius 1 is 1.16 bits per heavy atom.